The van der Waals surface area contributed by atoms with Gasteiger partial charge in [0.05, 0.1) is 32.1 Å². The SMILES string of the molecule is CCNC(=NCc1cccc(COCCOCC)c1)NCCCn1nc(C)cc1C. The van der Waals surface area contributed by atoms with Crippen molar-refractivity contribution in [1.29, 1.82) is 0 Å². The third-order valence-electron chi connectivity index (χ3n) is 4.54. The number of nitrogens with zero attached hydrogens (tertiary/aromatic N) is 3. The molecule has 1 aromatic heterocycles. The number of guanidine groups is 1. The number of aromatic nitrogens is 2. The Kier molecular flexibility index (Phi) is 11.0. The van der Waals surface area contributed by atoms with Gasteiger partial charge in [-0.2, -0.15) is 5.10 Å². The normalized spacial score (nSPS) is 11.7. The molecule has 0 aliphatic carbocycles. The monoisotopic (exact) mass is 415 g/mol. The van der Waals surface area contributed by atoms with Crippen molar-refractivity contribution in [1.82, 2.24) is 20.4 Å². The third kappa shape index (κ3) is 8.97. The molecule has 0 saturated heterocycles. The van der Waals surface area contributed by atoms with E-state index in [-0.39, 0.29) is 0 Å². The first-order valence-corrected chi connectivity index (χ1v) is 10.9. The number of nitrogens with one attached hydrogen (secondary N) is 2. The lowest BCUT2D eigenvalue weighted by molar-refractivity contribution is 0.0453. The van der Waals surface area contributed by atoms with E-state index in [2.05, 4.69) is 64.6 Å². The molecule has 0 atom stereocenters. The van der Waals surface area contributed by atoms with Crippen LogP contribution in [0.3, 0.4) is 0 Å². The van der Waals surface area contributed by atoms with Gasteiger partial charge >= 0.3 is 0 Å². The van der Waals surface area contributed by atoms with E-state index >= 15 is 0 Å². The fourth-order valence-electron chi connectivity index (χ4n) is 3.12. The van der Waals surface area contributed by atoms with E-state index in [4.69, 9.17) is 14.5 Å². The topological polar surface area (TPSA) is 72.7 Å². The summed E-state index contributed by atoms with van der Waals surface area (Å²) < 4.78 is 13.0. The van der Waals surface area contributed by atoms with Crippen molar-refractivity contribution in [2.75, 3.05) is 32.9 Å². The molecular formula is C23H37N5O2. The third-order valence-corrected chi connectivity index (χ3v) is 4.54. The number of ether oxygens (including phenoxy) is 2. The minimum atomic E-state index is 0.593. The second kappa shape index (κ2) is 13.8. The van der Waals surface area contributed by atoms with E-state index in [1.807, 2.05) is 13.8 Å². The molecule has 0 amide bonds. The van der Waals surface area contributed by atoms with Gasteiger partial charge < -0.3 is 20.1 Å². The molecule has 2 N–H and O–H groups in total. The molecule has 2 rings (SSSR count). The van der Waals surface area contributed by atoms with Crippen LogP contribution in [0.1, 0.15) is 42.8 Å². The van der Waals surface area contributed by atoms with Crippen LogP contribution >= 0.6 is 0 Å². The average molecular weight is 416 g/mol. The Hall–Kier alpha value is -2.38. The van der Waals surface area contributed by atoms with E-state index in [1.165, 1.54) is 11.3 Å². The molecule has 0 saturated carbocycles. The van der Waals surface area contributed by atoms with Crippen LogP contribution in [0.5, 0.6) is 0 Å². The van der Waals surface area contributed by atoms with Crippen molar-refractivity contribution in [2.24, 2.45) is 4.99 Å². The molecule has 1 aromatic carbocycles. The van der Waals surface area contributed by atoms with Crippen molar-refractivity contribution in [3.63, 3.8) is 0 Å². The highest BCUT2D eigenvalue weighted by Crippen LogP contribution is 2.08. The van der Waals surface area contributed by atoms with Crippen LogP contribution < -0.4 is 10.6 Å². The highest BCUT2D eigenvalue weighted by Gasteiger charge is 2.02. The van der Waals surface area contributed by atoms with Crippen molar-refractivity contribution in [3.8, 4) is 0 Å². The quantitative estimate of drug-likeness (QED) is 0.299. The lowest BCUT2D eigenvalue weighted by Crippen LogP contribution is -2.38. The molecule has 0 aliphatic heterocycles. The Morgan fingerprint density at radius 1 is 1.07 bits per heavy atom. The van der Waals surface area contributed by atoms with Crippen LogP contribution in [0, 0.1) is 13.8 Å². The zero-order valence-corrected chi connectivity index (χ0v) is 18.9. The standard InChI is InChI=1S/C23H37N5O2/c1-5-24-23(25-11-8-12-28-20(4)15-19(3)27-28)26-17-21-9-7-10-22(16-21)18-30-14-13-29-6-2/h7,9-10,15-16H,5-6,8,11-14,17-18H2,1-4H3,(H2,24,25,26). The predicted octanol–water partition coefficient (Wildman–Crippen LogP) is 3.20. The van der Waals surface area contributed by atoms with Crippen molar-refractivity contribution in [3.05, 3.63) is 52.8 Å². The van der Waals surface area contributed by atoms with E-state index in [9.17, 15) is 0 Å². The lowest BCUT2D eigenvalue weighted by atomic mass is 10.1. The van der Waals surface area contributed by atoms with Crippen LogP contribution in [-0.4, -0.2) is 48.7 Å². The van der Waals surface area contributed by atoms with E-state index in [0.717, 1.165) is 49.9 Å². The van der Waals surface area contributed by atoms with Gasteiger partial charge in [0.1, 0.15) is 0 Å². The molecule has 7 nitrogen and oxygen atoms in total. The first-order chi connectivity index (χ1) is 14.6. The number of aryl methyl sites for hydroxylation is 3. The van der Waals surface area contributed by atoms with Gasteiger partial charge in [0, 0.05) is 31.9 Å². The molecule has 30 heavy (non-hydrogen) atoms. The number of aliphatic imine (C=N–C) groups is 1. The number of hydrogen-bond donors (Lipinski definition) is 2. The number of hydrogen-bond acceptors (Lipinski definition) is 4. The molecule has 2 aromatic rings. The second-order valence-corrected chi connectivity index (χ2v) is 7.20. The van der Waals surface area contributed by atoms with Gasteiger partial charge in [0.2, 0.25) is 0 Å². The summed E-state index contributed by atoms with van der Waals surface area (Å²) in [7, 11) is 0. The first-order valence-electron chi connectivity index (χ1n) is 10.9. The molecular weight excluding hydrogens is 378 g/mol. The number of benzene rings is 1. The van der Waals surface area contributed by atoms with Gasteiger partial charge in [0.25, 0.3) is 0 Å². The van der Waals surface area contributed by atoms with Crippen LogP contribution in [0.15, 0.2) is 35.3 Å². The maximum atomic E-state index is 5.66. The maximum Gasteiger partial charge on any atom is 0.191 e. The Morgan fingerprint density at radius 2 is 1.87 bits per heavy atom. The predicted molar refractivity (Wildman–Crippen MR) is 122 cm³/mol. The van der Waals surface area contributed by atoms with Crippen LogP contribution in [0.25, 0.3) is 0 Å². The fourth-order valence-corrected chi connectivity index (χ4v) is 3.12. The molecule has 0 unspecified atom stereocenters. The second-order valence-electron chi connectivity index (χ2n) is 7.20. The molecule has 1 heterocycles. The Labute approximate surface area is 180 Å². The smallest absolute Gasteiger partial charge is 0.191 e. The molecule has 0 radical (unpaired) electrons. The minimum Gasteiger partial charge on any atom is -0.379 e. The van der Waals surface area contributed by atoms with Crippen LogP contribution in [0.2, 0.25) is 0 Å². The molecule has 0 aliphatic rings. The minimum absolute atomic E-state index is 0.593. The zero-order chi connectivity index (χ0) is 21.6. The largest absolute Gasteiger partial charge is 0.379 e. The molecule has 7 heteroatoms. The van der Waals surface area contributed by atoms with Crippen LogP contribution in [-0.2, 0) is 29.2 Å². The Morgan fingerprint density at radius 3 is 2.60 bits per heavy atom. The van der Waals surface area contributed by atoms with Gasteiger partial charge in [0.15, 0.2) is 5.96 Å². The fraction of sp³-hybridized carbons (Fsp3) is 0.565. The number of rotatable bonds is 13. The highest BCUT2D eigenvalue weighted by atomic mass is 16.5. The zero-order valence-electron chi connectivity index (χ0n) is 18.9. The van der Waals surface area contributed by atoms with Crippen molar-refractivity contribution >= 4 is 5.96 Å². The van der Waals surface area contributed by atoms with E-state index in [0.29, 0.717) is 26.4 Å². The summed E-state index contributed by atoms with van der Waals surface area (Å²) in [5.74, 6) is 0.837. The summed E-state index contributed by atoms with van der Waals surface area (Å²) in [4.78, 5) is 4.72. The van der Waals surface area contributed by atoms with E-state index < -0.39 is 0 Å². The summed E-state index contributed by atoms with van der Waals surface area (Å²) >= 11 is 0. The molecule has 0 bridgehead atoms. The Bertz CT molecular complexity index is 773. The first kappa shape index (κ1) is 23.9. The highest BCUT2D eigenvalue weighted by molar-refractivity contribution is 5.79. The Balaban J connectivity index is 1.78. The van der Waals surface area contributed by atoms with Crippen LogP contribution in [0.4, 0.5) is 0 Å². The summed E-state index contributed by atoms with van der Waals surface area (Å²) in [6, 6.07) is 10.5. The van der Waals surface area contributed by atoms with Gasteiger partial charge in [-0.15, -0.1) is 0 Å². The summed E-state index contributed by atoms with van der Waals surface area (Å²) in [6.07, 6.45) is 0.987. The lowest BCUT2D eigenvalue weighted by Gasteiger charge is -2.12. The summed E-state index contributed by atoms with van der Waals surface area (Å²) in [5.41, 5.74) is 4.59. The summed E-state index contributed by atoms with van der Waals surface area (Å²) in [6.45, 7) is 14.0. The van der Waals surface area contributed by atoms with Crippen molar-refractivity contribution in [2.45, 2.75) is 53.8 Å². The van der Waals surface area contributed by atoms with E-state index in [1.54, 1.807) is 0 Å². The maximum absolute atomic E-state index is 5.66. The van der Waals surface area contributed by atoms with Crippen molar-refractivity contribution < 1.29 is 9.47 Å². The van der Waals surface area contributed by atoms with Gasteiger partial charge in [-0.25, -0.2) is 4.99 Å². The van der Waals surface area contributed by atoms with Gasteiger partial charge in [-0.05, 0) is 51.3 Å². The van der Waals surface area contributed by atoms with Gasteiger partial charge in [-0.1, -0.05) is 24.3 Å². The molecule has 0 spiro atoms. The van der Waals surface area contributed by atoms with Gasteiger partial charge in [-0.3, -0.25) is 4.68 Å². The molecule has 166 valence electrons. The average Bonchev–Trinajstić information content (AvgIpc) is 3.06. The summed E-state index contributed by atoms with van der Waals surface area (Å²) in [5, 5.41) is 11.2. The molecule has 0 fully saturated rings.